The molecule has 0 saturated heterocycles. The van der Waals surface area contributed by atoms with Crippen molar-refractivity contribution in [2.45, 2.75) is 46.1 Å². The molecule has 1 aromatic carbocycles. The molecule has 3 nitrogen and oxygen atoms in total. The second-order valence-electron chi connectivity index (χ2n) is 5.59. The molecular formula is C16H22N2O. The topological polar surface area (TPSA) is 37.8 Å². The first-order chi connectivity index (χ1) is 9.00. The van der Waals surface area contributed by atoms with E-state index in [4.69, 9.17) is 0 Å². The number of aromatic nitrogens is 2. The first-order valence-corrected chi connectivity index (χ1v) is 6.88. The molecule has 0 saturated carbocycles. The van der Waals surface area contributed by atoms with Crippen molar-refractivity contribution in [3.05, 3.63) is 57.5 Å². The monoisotopic (exact) mass is 258 g/mol. The fourth-order valence-corrected chi connectivity index (χ4v) is 2.50. The fourth-order valence-electron chi connectivity index (χ4n) is 2.50. The summed E-state index contributed by atoms with van der Waals surface area (Å²) in [5.41, 5.74) is 3.25. The number of benzene rings is 1. The molecule has 1 aromatic heterocycles. The second-order valence-corrected chi connectivity index (χ2v) is 5.59. The zero-order chi connectivity index (χ0) is 14.0. The number of rotatable bonds is 4. The Morgan fingerprint density at radius 3 is 2.26 bits per heavy atom. The highest BCUT2D eigenvalue weighted by molar-refractivity contribution is 5.29. The van der Waals surface area contributed by atoms with E-state index in [2.05, 4.69) is 44.9 Å². The highest BCUT2D eigenvalue weighted by Crippen LogP contribution is 2.22. The van der Waals surface area contributed by atoms with Gasteiger partial charge in [-0.2, -0.15) is 0 Å². The number of H-pyrrole nitrogens is 1. The highest BCUT2D eigenvalue weighted by atomic mass is 16.1. The fraction of sp³-hybridized carbons (Fsp3) is 0.438. The van der Waals surface area contributed by atoms with Crippen molar-refractivity contribution in [3.63, 3.8) is 0 Å². The first-order valence-electron chi connectivity index (χ1n) is 6.88. The number of aromatic amines is 1. The molecule has 0 fully saturated rings. The van der Waals surface area contributed by atoms with Crippen LogP contribution >= 0.6 is 0 Å². The zero-order valence-corrected chi connectivity index (χ0v) is 12.1. The summed E-state index contributed by atoms with van der Waals surface area (Å²) in [7, 11) is 0. The molecule has 2 rings (SSSR count). The predicted octanol–water partition coefficient (Wildman–Crippen LogP) is 3.47. The lowest BCUT2D eigenvalue weighted by molar-refractivity contribution is 0.494. The summed E-state index contributed by atoms with van der Waals surface area (Å²) in [6.45, 7) is 8.45. The Kier molecular flexibility index (Phi) is 3.93. The van der Waals surface area contributed by atoms with Crippen LogP contribution in [0.1, 0.15) is 56.5 Å². The lowest BCUT2D eigenvalue weighted by Crippen LogP contribution is -2.10. The molecule has 3 heteroatoms. The minimum absolute atomic E-state index is 0.0428. The lowest BCUT2D eigenvalue weighted by Gasteiger charge is -2.16. The summed E-state index contributed by atoms with van der Waals surface area (Å²) in [6.07, 6.45) is 0.698. The van der Waals surface area contributed by atoms with Gasteiger partial charge in [0, 0.05) is 23.7 Å². The summed E-state index contributed by atoms with van der Waals surface area (Å²) >= 11 is 0. The van der Waals surface area contributed by atoms with Crippen LogP contribution in [0.5, 0.6) is 0 Å². The van der Waals surface area contributed by atoms with Gasteiger partial charge in [-0.05, 0) is 25.3 Å². The molecule has 1 N–H and O–H groups in total. The van der Waals surface area contributed by atoms with E-state index in [1.54, 1.807) is 0 Å². The van der Waals surface area contributed by atoms with Gasteiger partial charge in [0.1, 0.15) is 0 Å². The lowest BCUT2D eigenvalue weighted by atomic mass is 9.99. The van der Waals surface area contributed by atoms with Crippen LogP contribution in [-0.2, 0) is 6.42 Å². The van der Waals surface area contributed by atoms with Gasteiger partial charge in [0.15, 0.2) is 0 Å². The van der Waals surface area contributed by atoms with Gasteiger partial charge in [-0.3, -0.25) is 14.6 Å². The zero-order valence-electron chi connectivity index (χ0n) is 12.1. The van der Waals surface area contributed by atoms with Crippen molar-refractivity contribution in [3.8, 4) is 0 Å². The van der Waals surface area contributed by atoms with Crippen molar-refractivity contribution in [1.29, 1.82) is 0 Å². The maximum absolute atomic E-state index is 12.2. The van der Waals surface area contributed by atoms with Crippen molar-refractivity contribution >= 4 is 0 Å². The third kappa shape index (κ3) is 2.80. The van der Waals surface area contributed by atoms with Gasteiger partial charge in [0.05, 0.1) is 0 Å². The van der Waals surface area contributed by atoms with Crippen molar-refractivity contribution in [2.75, 3.05) is 0 Å². The molecule has 1 heterocycles. The van der Waals surface area contributed by atoms with Crippen LogP contribution in [0, 0.1) is 0 Å². The highest BCUT2D eigenvalue weighted by Gasteiger charge is 2.19. The van der Waals surface area contributed by atoms with Crippen LogP contribution in [0.4, 0.5) is 0 Å². The molecule has 0 aliphatic carbocycles. The molecule has 0 aliphatic heterocycles. The summed E-state index contributed by atoms with van der Waals surface area (Å²) in [5.74, 6) is 0.333. The molecular weight excluding hydrogens is 236 g/mol. The van der Waals surface area contributed by atoms with E-state index in [1.807, 2.05) is 22.9 Å². The summed E-state index contributed by atoms with van der Waals surface area (Å²) in [4.78, 5) is 12.2. The van der Waals surface area contributed by atoms with Gasteiger partial charge in [-0.25, -0.2) is 0 Å². The van der Waals surface area contributed by atoms with Crippen LogP contribution in [0.2, 0.25) is 0 Å². The Hall–Kier alpha value is -1.77. The van der Waals surface area contributed by atoms with E-state index in [0.717, 1.165) is 11.3 Å². The van der Waals surface area contributed by atoms with Crippen LogP contribution in [0.3, 0.4) is 0 Å². The van der Waals surface area contributed by atoms with Gasteiger partial charge in [0.25, 0.3) is 5.56 Å². The van der Waals surface area contributed by atoms with Crippen LogP contribution < -0.4 is 5.56 Å². The van der Waals surface area contributed by atoms with Gasteiger partial charge in [-0.1, -0.05) is 44.2 Å². The number of hydrogen-bond acceptors (Lipinski definition) is 1. The molecule has 19 heavy (non-hydrogen) atoms. The van der Waals surface area contributed by atoms with Crippen LogP contribution in [-0.4, -0.2) is 9.78 Å². The Morgan fingerprint density at radius 2 is 1.74 bits per heavy atom. The van der Waals surface area contributed by atoms with Gasteiger partial charge in [-0.15, -0.1) is 0 Å². The SMILES string of the molecule is CC(C)c1c(Cc2ccccc2)c(=O)[nH]n1C(C)C. The van der Waals surface area contributed by atoms with Gasteiger partial charge < -0.3 is 0 Å². The number of nitrogens with one attached hydrogen (secondary N) is 1. The minimum atomic E-state index is 0.0428. The minimum Gasteiger partial charge on any atom is -0.286 e. The molecule has 0 amide bonds. The standard InChI is InChI=1S/C16H22N2O/c1-11(2)15-14(10-13-8-6-5-7-9-13)16(19)17-18(15)12(3)4/h5-9,11-12H,10H2,1-4H3,(H,17,19). The second kappa shape index (κ2) is 5.47. The van der Waals surface area contributed by atoms with Gasteiger partial charge >= 0.3 is 0 Å². The van der Waals surface area contributed by atoms with Crippen LogP contribution in [0.25, 0.3) is 0 Å². The number of nitrogens with zero attached hydrogens (tertiary/aromatic N) is 1. The molecule has 0 atom stereocenters. The Labute approximate surface area is 114 Å². The van der Waals surface area contributed by atoms with E-state index in [0.29, 0.717) is 12.3 Å². The summed E-state index contributed by atoms with van der Waals surface area (Å²) in [5, 5.41) is 2.98. The molecule has 0 bridgehead atoms. The van der Waals surface area contributed by atoms with E-state index in [9.17, 15) is 4.79 Å². The normalized spacial score (nSPS) is 11.5. The molecule has 0 unspecified atom stereocenters. The molecule has 0 radical (unpaired) electrons. The molecule has 102 valence electrons. The number of hydrogen-bond donors (Lipinski definition) is 1. The van der Waals surface area contributed by atoms with Crippen molar-refractivity contribution in [1.82, 2.24) is 9.78 Å². The quantitative estimate of drug-likeness (QED) is 0.896. The third-order valence-electron chi connectivity index (χ3n) is 3.35. The maximum Gasteiger partial charge on any atom is 0.267 e. The van der Waals surface area contributed by atoms with E-state index < -0.39 is 0 Å². The van der Waals surface area contributed by atoms with E-state index in [1.165, 1.54) is 5.56 Å². The summed E-state index contributed by atoms with van der Waals surface area (Å²) in [6, 6.07) is 10.4. The Balaban J connectivity index is 2.48. The largest absolute Gasteiger partial charge is 0.286 e. The maximum atomic E-state index is 12.2. The molecule has 0 aliphatic rings. The van der Waals surface area contributed by atoms with E-state index in [-0.39, 0.29) is 11.6 Å². The molecule has 2 aromatic rings. The Morgan fingerprint density at radius 1 is 1.11 bits per heavy atom. The van der Waals surface area contributed by atoms with Crippen molar-refractivity contribution < 1.29 is 0 Å². The first kappa shape index (κ1) is 13.7. The van der Waals surface area contributed by atoms with Crippen molar-refractivity contribution in [2.24, 2.45) is 0 Å². The van der Waals surface area contributed by atoms with Crippen LogP contribution in [0.15, 0.2) is 35.1 Å². The Bertz CT molecular complexity index is 591. The molecule has 0 spiro atoms. The summed E-state index contributed by atoms with van der Waals surface area (Å²) < 4.78 is 2.01. The predicted molar refractivity (Wildman–Crippen MR) is 78.8 cm³/mol. The average molecular weight is 258 g/mol. The smallest absolute Gasteiger partial charge is 0.267 e. The average Bonchev–Trinajstić information content (AvgIpc) is 2.68. The van der Waals surface area contributed by atoms with Gasteiger partial charge in [0.2, 0.25) is 0 Å². The third-order valence-corrected chi connectivity index (χ3v) is 3.35. The van der Waals surface area contributed by atoms with E-state index >= 15 is 0 Å².